The summed E-state index contributed by atoms with van der Waals surface area (Å²) < 4.78 is 0.583. The Kier molecular flexibility index (Phi) is 2.10. The molecule has 1 aromatic heterocycles. The maximum Gasteiger partial charge on any atom is 0.403 e. The molecule has 0 radical (unpaired) electrons. The summed E-state index contributed by atoms with van der Waals surface area (Å²) in [4.78, 5) is 10.7. The summed E-state index contributed by atoms with van der Waals surface area (Å²) in [5, 5.41) is 13.4. The van der Waals surface area contributed by atoms with Crippen molar-refractivity contribution in [1.82, 2.24) is 5.10 Å². The highest BCUT2D eigenvalue weighted by molar-refractivity contribution is 9.13. The van der Waals surface area contributed by atoms with E-state index in [0.29, 0.717) is 4.47 Å². The lowest BCUT2D eigenvalue weighted by molar-refractivity contribution is -0.470. The van der Waals surface area contributed by atoms with Crippen LogP contribution in [0.3, 0.4) is 0 Å². The van der Waals surface area contributed by atoms with E-state index in [-0.39, 0.29) is 15.9 Å². The van der Waals surface area contributed by atoms with Crippen LogP contribution < -0.4 is 10.7 Å². The second-order valence-electron chi connectivity index (χ2n) is 1.56. The Morgan fingerprint density at radius 2 is 2.00 bits per heavy atom. The van der Waals surface area contributed by atoms with Gasteiger partial charge in [0.1, 0.15) is 4.47 Å². The first-order chi connectivity index (χ1) is 4.63. The lowest BCUT2D eigenvalue weighted by Gasteiger charge is -1.88. The fraction of sp³-hybridized carbons (Fsp3) is 0. The molecule has 0 saturated heterocycles. The highest BCUT2D eigenvalue weighted by atomic mass is 79.9. The van der Waals surface area contributed by atoms with Crippen molar-refractivity contribution in [3.8, 4) is 5.88 Å². The molecule has 0 bridgehead atoms. The smallest absolute Gasteiger partial charge is 0.403 e. The van der Waals surface area contributed by atoms with Crippen LogP contribution in [0, 0.1) is 0 Å². The second-order valence-corrected chi connectivity index (χ2v) is 3.14. The Bertz CT molecular complexity index is 309. The Labute approximate surface area is 72.5 Å². The third kappa shape index (κ3) is 1.22. The molecule has 0 spiro atoms. The van der Waals surface area contributed by atoms with Crippen LogP contribution >= 0.6 is 31.9 Å². The van der Waals surface area contributed by atoms with Crippen molar-refractivity contribution in [3.05, 3.63) is 19.3 Å². The first-order valence-electron chi connectivity index (χ1n) is 2.31. The normalized spacial score (nSPS) is 9.80. The Morgan fingerprint density at radius 1 is 1.40 bits per heavy atom. The molecular formula is C4H3Br2N2O2+. The molecule has 1 aromatic rings. The van der Waals surface area contributed by atoms with E-state index in [4.69, 9.17) is 5.11 Å². The molecule has 3 N–H and O–H groups in total. The average molecular weight is 271 g/mol. The van der Waals surface area contributed by atoms with E-state index in [9.17, 15) is 4.79 Å². The van der Waals surface area contributed by atoms with Gasteiger partial charge in [-0.1, -0.05) is 5.10 Å². The summed E-state index contributed by atoms with van der Waals surface area (Å²) in [5.41, 5.74) is -0.329. The zero-order chi connectivity index (χ0) is 7.72. The minimum absolute atomic E-state index is 0.119. The molecule has 0 atom stereocenters. The Hall–Kier alpha value is -0.360. The molecule has 10 heavy (non-hydrogen) atoms. The van der Waals surface area contributed by atoms with Crippen LogP contribution in [0.25, 0.3) is 0 Å². The van der Waals surface area contributed by atoms with Crippen LogP contribution in [-0.2, 0) is 0 Å². The van der Waals surface area contributed by atoms with Gasteiger partial charge >= 0.3 is 11.4 Å². The summed E-state index contributed by atoms with van der Waals surface area (Å²) in [6, 6.07) is 0. The van der Waals surface area contributed by atoms with Gasteiger partial charge in [0.2, 0.25) is 0 Å². The highest BCUT2D eigenvalue weighted by Crippen LogP contribution is 2.23. The molecule has 0 aliphatic heterocycles. The molecule has 54 valence electrons. The van der Waals surface area contributed by atoms with E-state index < -0.39 is 0 Å². The van der Waals surface area contributed by atoms with E-state index in [2.05, 4.69) is 42.1 Å². The maximum absolute atomic E-state index is 10.7. The summed E-state index contributed by atoms with van der Waals surface area (Å²) in [6.07, 6.45) is 0. The molecular weight excluding hydrogens is 268 g/mol. The molecule has 0 unspecified atom stereocenters. The van der Waals surface area contributed by atoms with Crippen LogP contribution in [0.2, 0.25) is 0 Å². The predicted molar refractivity (Wildman–Crippen MR) is 40.7 cm³/mol. The van der Waals surface area contributed by atoms with E-state index in [0.717, 1.165) is 0 Å². The van der Waals surface area contributed by atoms with Gasteiger partial charge in [0.15, 0.2) is 4.47 Å². The van der Waals surface area contributed by atoms with Crippen molar-refractivity contribution in [2.24, 2.45) is 0 Å². The quantitative estimate of drug-likeness (QED) is 0.718. The third-order valence-corrected chi connectivity index (χ3v) is 2.96. The molecule has 1 heterocycles. The first-order valence-corrected chi connectivity index (χ1v) is 3.89. The maximum atomic E-state index is 10.7. The largest absolute Gasteiger partial charge is 0.457 e. The lowest BCUT2D eigenvalue weighted by Crippen LogP contribution is -2.22. The highest BCUT2D eigenvalue weighted by Gasteiger charge is 2.12. The molecule has 0 saturated carbocycles. The Balaban J connectivity index is 3.49. The average Bonchev–Trinajstić information content (AvgIpc) is 1.93. The van der Waals surface area contributed by atoms with Crippen molar-refractivity contribution < 1.29 is 10.2 Å². The van der Waals surface area contributed by atoms with Gasteiger partial charge in [0.25, 0.3) is 0 Å². The van der Waals surface area contributed by atoms with E-state index in [1.165, 1.54) is 0 Å². The fourth-order valence-electron chi connectivity index (χ4n) is 0.429. The molecule has 0 aliphatic carbocycles. The topological polar surface area (TPSA) is 67.2 Å². The summed E-state index contributed by atoms with van der Waals surface area (Å²) >= 11 is 5.94. The van der Waals surface area contributed by atoms with Gasteiger partial charge in [-0.15, -0.1) is 5.10 Å². The lowest BCUT2D eigenvalue weighted by atomic mass is 10.6. The van der Waals surface area contributed by atoms with Gasteiger partial charge in [-0.2, -0.15) is 0 Å². The van der Waals surface area contributed by atoms with E-state index >= 15 is 0 Å². The number of hydrogen-bond donors (Lipinski definition) is 2. The number of aromatic amines is 2. The van der Waals surface area contributed by atoms with Gasteiger partial charge in [-0.3, -0.25) is 4.79 Å². The molecule has 1 rings (SSSR count). The summed E-state index contributed by atoms with van der Waals surface area (Å²) in [6.45, 7) is 0. The van der Waals surface area contributed by atoms with Gasteiger partial charge in [-0.05, 0) is 31.9 Å². The van der Waals surface area contributed by atoms with Crippen molar-refractivity contribution in [2.45, 2.75) is 0 Å². The van der Waals surface area contributed by atoms with E-state index in [1.54, 1.807) is 0 Å². The van der Waals surface area contributed by atoms with Crippen LogP contribution in [0.15, 0.2) is 13.7 Å². The molecule has 4 nitrogen and oxygen atoms in total. The number of halogens is 2. The number of nitrogens with one attached hydrogen (secondary N) is 2. The number of aromatic nitrogens is 2. The van der Waals surface area contributed by atoms with Crippen molar-refractivity contribution >= 4 is 31.9 Å². The zero-order valence-corrected chi connectivity index (χ0v) is 7.78. The molecule has 6 heteroatoms. The predicted octanol–water partition coefficient (Wildman–Crippen LogP) is 0.420. The standard InChI is InChI=1S/C4H2Br2N2O2/c5-1-2(6)4(10)8-7-3(1)9/h(H,7,9)(H,8,10)/p+1. The van der Waals surface area contributed by atoms with Gasteiger partial charge < -0.3 is 5.11 Å². The monoisotopic (exact) mass is 269 g/mol. The molecule has 0 fully saturated rings. The van der Waals surface area contributed by atoms with Crippen LogP contribution in [0.1, 0.15) is 0 Å². The van der Waals surface area contributed by atoms with E-state index in [1.807, 2.05) is 0 Å². The number of H-pyrrole nitrogens is 2. The number of aromatic hydroxyl groups is 1. The van der Waals surface area contributed by atoms with Crippen LogP contribution in [0.4, 0.5) is 0 Å². The second kappa shape index (κ2) is 2.71. The van der Waals surface area contributed by atoms with Crippen molar-refractivity contribution in [2.75, 3.05) is 0 Å². The first kappa shape index (κ1) is 7.74. The zero-order valence-electron chi connectivity index (χ0n) is 4.61. The SMILES string of the molecule is O=c1[nH][nH+]c(O)c(Br)c1Br. The van der Waals surface area contributed by atoms with Gasteiger partial charge in [0, 0.05) is 0 Å². The van der Waals surface area contributed by atoms with Gasteiger partial charge in [0.05, 0.1) is 0 Å². The van der Waals surface area contributed by atoms with Crippen molar-refractivity contribution in [1.29, 1.82) is 0 Å². The van der Waals surface area contributed by atoms with Gasteiger partial charge in [-0.25, -0.2) is 0 Å². The third-order valence-electron chi connectivity index (χ3n) is 0.894. The van der Waals surface area contributed by atoms with Crippen LogP contribution in [0.5, 0.6) is 5.88 Å². The molecule has 0 aliphatic rings. The summed E-state index contributed by atoms with van der Waals surface area (Å²) in [7, 11) is 0. The minimum Gasteiger partial charge on any atom is -0.457 e. The Morgan fingerprint density at radius 3 is 2.50 bits per heavy atom. The minimum atomic E-state index is -0.329. The number of rotatable bonds is 0. The number of hydrogen-bond acceptors (Lipinski definition) is 2. The fourth-order valence-corrected chi connectivity index (χ4v) is 0.995. The summed E-state index contributed by atoms with van der Waals surface area (Å²) in [5.74, 6) is -0.119. The molecule has 0 amide bonds. The van der Waals surface area contributed by atoms with Crippen LogP contribution in [-0.4, -0.2) is 10.2 Å². The molecule has 0 aromatic carbocycles. The van der Waals surface area contributed by atoms with Crippen molar-refractivity contribution in [3.63, 3.8) is 0 Å².